The van der Waals surface area contributed by atoms with Gasteiger partial charge in [0.2, 0.25) is 0 Å². The molecule has 0 amide bonds. The molecule has 0 radical (unpaired) electrons. The zero-order valence-electron chi connectivity index (χ0n) is 14.7. The van der Waals surface area contributed by atoms with Crippen molar-refractivity contribution in [3.8, 4) is 17.2 Å². The number of hydrogen-bond donors (Lipinski definition) is 2. The molecule has 3 aromatic rings. The van der Waals surface area contributed by atoms with Crippen LogP contribution in [0.15, 0.2) is 78.9 Å². The second-order valence-corrected chi connectivity index (χ2v) is 5.93. The van der Waals surface area contributed by atoms with Gasteiger partial charge in [0.1, 0.15) is 17.2 Å². The van der Waals surface area contributed by atoms with Crippen molar-refractivity contribution in [1.82, 2.24) is 0 Å². The summed E-state index contributed by atoms with van der Waals surface area (Å²) >= 11 is 0. The Balaban J connectivity index is 1.48. The molecular formula is C22H24N2O2. The molecule has 4 heteroatoms. The molecule has 0 aliphatic carbocycles. The van der Waals surface area contributed by atoms with Crippen molar-refractivity contribution in [2.75, 3.05) is 18.5 Å². The Morgan fingerprint density at radius 2 is 1.38 bits per heavy atom. The van der Waals surface area contributed by atoms with Gasteiger partial charge < -0.3 is 20.5 Å². The first-order chi connectivity index (χ1) is 12.8. The van der Waals surface area contributed by atoms with E-state index in [0.717, 1.165) is 35.9 Å². The maximum absolute atomic E-state index is 5.80. The molecule has 3 aromatic carbocycles. The van der Waals surface area contributed by atoms with E-state index in [-0.39, 0.29) is 0 Å². The van der Waals surface area contributed by atoms with E-state index >= 15 is 0 Å². The van der Waals surface area contributed by atoms with Crippen LogP contribution in [0.2, 0.25) is 0 Å². The number of nitrogens with one attached hydrogen (secondary N) is 1. The van der Waals surface area contributed by atoms with Gasteiger partial charge in [0.15, 0.2) is 0 Å². The number of hydrogen-bond acceptors (Lipinski definition) is 4. The molecule has 0 aliphatic rings. The molecule has 0 atom stereocenters. The molecule has 0 spiro atoms. The molecule has 0 saturated carbocycles. The van der Waals surface area contributed by atoms with Gasteiger partial charge in [0.25, 0.3) is 0 Å². The van der Waals surface area contributed by atoms with Crippen molar-refractivity contribution >= 4 is 5.69 Å². The monoisotopic (exact) mass is 348 g/mol. The summed E-state index contributed by atoms with van der Waals surface area (Å²) in [5.74, 6) is 2.53. The summed E-state index contributed by atoms with van der Waals surface area (Å²) in [5.41, 5.74) is 7.71. The lowest BCUT2D eigenvalue weighted by molar-refractivity contribution is 0.313. The summed E-state index contributed by atoms with van der Waals surface area (Å²) in [6.07, 6.45) is 0.868. The topological polar surface area (TPSA) is 56.5 Å². The number of rotatable bonds is 9. The average molecular weight is 348 g/mol. The molecule has 0 aliphatic heterocycles. The minimum atomic E-state index is 0.650. The predicted molar refractivity (Wildman–Crippen MR) is 106 cm³/mol. The quantitative estimate of drug-likeness (QED) is 0.544. The summed E-state index contributed by atoms with van der Waals surface area (Å²) in [4.78, 5) is 0. The van der Waals surface area contributed by atoms with Crippen LogP contribution in [0.4, 0.5) is 5.69 Å². The van der Waals surface area contributed by atoms with E-state index in [4.69, 9.17) is 15.2 Å². The highest BCUT2D eigenvalue weighted by atomic mass is 16.5. The van der Waals surface area contributed by atoms with Gasteiger partial charge in [-0.15, -0.1) is 0 Å². The average Bonchev–Trinajstić information content (AvgIpc) is 2.69. The third kappa shape index (κ3) is 5.53. The van der Waals surface area contributed by atoms with E-state index in [1.807, 2.05) is 66.7 Å². The van der Waals surface area contributed by atoms with Crippen LogP contribution < -0.4 is 20.5 Å². The summed E-state index contributed by atoms with van der Waals surface area (Å²) in [7, 11) is 0. The van der Waals surface area contributed by atoms with Crippen molar-refractivity contribution in [1.29, 1.82) is 0 Å². The zero-order valence-corrected chi connectivity index (χ0v) is 14.7. The Morgan fingerprint density at radius 1 is 0.731 bits per heavy atom. The molecule has 0 aromatic heterocycles. The molecule has 0 fully saturated rings. The van der Waals surface area contributed by atoms with Crippen molar-refractivity contribution in [3.63, 3.8) is 0 Å². The first-order valence-corrected chi connectivity index (χ1v) is 8.82. The number of ether oxygens (including phenoxy) is 2. The van der Waals surface area contributed by atoms with Crippen molar-refractivity contribution in [2.24, 2.45) is 5.73 Å². The molecule has 3 N–H and O–H groups in total. The normalized spacial score (nSPS) is 10.3. The minimum absolute atomic E-state index is 0.650. The molecule has 134 valence electrons. The Kier molecular flexibility index (Phi) is 6.51. The van der Waals surface area contributed by atoms with E-state index in [1.165, 1.54) is 5.56 Å². The Bertz CT molecular complexity index is 772. The largest absolute Gasteiger partial charge is 0.494 e. The van der Waals surface area contributed by atoms with Crippen LogP contribution in [0.3, 0.4) is 0 Å². The Morgan fingerprint density at radius 3 is 2.08 bits per heavy atom. The second-order valence-electron chi connectivity index (χ2n) is 5.93. The lowest BCUT2D eigenvalue weighted by atomic mass is 10.2. The summed E-state index contributed by atoms with van der Waals surface area (Å²) < 4.78 is 11.4. The van der Waals surface area contributed by atoms with Crippen LogP contribution in [0.5, 0.6) is 17.2 Å². The van der Waals surface area contributed by atoms with Gasteiger partial charge >= 0.3 is 0 Å². The molecular weight excluding hydrogens is 324 g/mol. The SMILES string of the molecule is NCCCOc1ccc(CNc2ccc(Oc3ccccc3)cc2)cc1. The third-order valence-corrected chi connectivity index (χ3v) is 3.87. The van der Waals surface area contributed by atoms with Gasteiger partial charge in [0, 0.05) is 12.2 Å². The van der Waals surface area contributed by atoms with Gasteiger partial charge in [-0.25, -0.2) is 0 Å². The highest BCUT2D eigenvalue weighted by molar-refractivity contribution is 5.47. The summed E-state index contributed by atoms with van der Waals surface area (Å²) in [6, 6.07) is 25.8. The van der Waals surface area contributed by atoms with Gasteiger partial charge in [-0.1, -0.05) is 30.3 Å². The standard InChI is InChI=1S/C22H24N2O2/c23-15-4-16-25-20-11-7-18(8-12-20)17-24-19-9-13-22(14-10-19)26-21-5-2-1-3-6-21/h1-3,5-14,24H,4,15-17,23H2. The summed E-state index contributed by atoms with van der Waals surface area (Å²) in [6.45, 7) is 2.06. The van der Waals surface area contributed by atoms with Gasteiger partial charge in [0.05, 0.1) is 6.61 Å². The lowest BCUT2D eigenvalue weighted by Crippen LogP contribution is -2.06. The van der Waals surface area contributed by atoms with Crippen molar-refractivity contribution in [3.05, 3.63) is 84.4 Å². The van der Waals surface area contributed by atoms with Crippen LogP contribution in [-0.4, -0.2) is 13.2 Å². The molecule has 0 unspecified atom stereocenters. The van der Waals surface area contributed by atoms with Crippen LogP contribution in [0.1, 0.15) is 12.0 Å². The van der Waals surface area contributed by atoms with Crippen LogP contribution >= 0.6 is 0 Å². The maximum atomic E-state index is 5.80. The zero-order chi connectivity index (χ0) is 18.0. The first kappa shape index (κ1) is 17.8. The third-order valence-electron chi connectivity index (χ3n) is 3.87. The summed E-state index contributed by atoms with van der Waals surface area (Å²) in [5, 5.41) is 3.41. The minimum Gasteiger partial charge on any atom is -0.494 e. The van der Waals surface area contributed by atoms with Crippen LogP contribution in [0, 0.1) is 0 Å². The van der Waals surface area contributed by atoms with Crippen molar-refractivity contribution in [2.45, 2.75) is 13.0 Å². The fraction of sp³-hybridized carbons (Fsp3) is 0.182. The number of anilines is 1. The first-order valence-electron chi connectivity index (χ1n) is 8.82. The van der Waals surface area contributed by atoms with E-state index in [1.54, 1.807) is 0 Å². The van der Waals surface area contributed by atoms with Gasteiger partial charge in [-0.05, 0) is 67.1 Å². The predicted octanol–water partition coefficient (Wildman–Crippen LogP) is 4.82. The number of benzene rings is 3. The maximum Gasteiger partial charge on any atom is 0.127 e. The van der Waals surface area contributed by atoms with Crippen LogP contribution in [-0.2, 0) is 6.54 Å². The molecule has 26 heavy (non-hydrogen) atoms. The highest BCUT2D eigenvalue weighted by Crippen LogP contribution is 2.23. The van der Waals surface area contributed by atoms with E-state index in [9.17, 15) is 0 Å². The van der Waals surface area contributed by atoms with Crippen LogP contribution in [0.25, 0.3) is 0 Å². The molecule has 4 nitrogen and oxygen atoms in total. The van der Waals surface area contributed by atoms with Gasteiger partial charge in [-0.3, -0.25) is 0 Å². The van der Waals surface area contributed by atoms with Crippen molar-refractivity contribution < 1.29 is 9.47 Å². The second kappa shape index (κ2) is 9.49. The van der Waals surface area contributed by atoms with Gasteiger partial charge in [-0.2, -0.15) is 0 Å². The molecule has 0 saturated heterocycles. The molecule has 3 rings (SSSR count). The molecule has 0 bridgehead atoms. The van der Waals surface area contributed by atoms with E-state index in [2.05, 4.69) is 17.4 Å². The smallest absolute Gasteiger partial charge is 0.127 e. The molecule has 0 heterocycles. The van der Waals surface area contributed by atoms with E-state index in [0.29, 0.717) is 13.2 Å². The van der Waals surface area contributed by atoms with E-state index < -0.39 is 0 Å². The highest BCUT2D eigenvalue weighted by Gasteiger charge is 1.99. The lowest BCUT2D eigenvalue weighted by Gasteiger charge is -2.10. The Hall–Kier alpha value is -2.98. The Labute approximate surface area is 154 Å². The number of para-hydroxylation sites is 1. The fourth-order valence-electron chi connectivity index (χ4n) is 2.45. The number of nitrogens with two attached hydrogens (primary N) is 1. The fourth-order valence-corrected chi connectivity index (χ4v) is 2.45.